The number of ketones is 1. The van der Waals surface area contributed by atoms with Crippen molar-refractivity contribution in [3.63, 3.8) is 0 Å². The van der Waals surface area contributed by atoms with Crippen molar-refractivity contribution in [3.05, 3.63) is 76.1 Å². The molecular weight excluding hydrogens is 434 g/mol. The highest BCUT2D eigenvalue weighted by molar-refractivity contribution is 6.04. The lowest BCUT2D eigenvalue weighted by atomic mass is 9.75. The summed E-state index contributed by atoms with van der Waals surface area (Å²) in [5.41, 5.74) is 4.05. The number of methoxy groups -OCH3 is 3. The average Bonchev–Trinajstić information content (AvgIpc) is 2.86. The number of hydrogen-bond donors (Lipinski definition) is 1. The van der Waals surface area contributed by atoms with Crippen molar-refractivity contribution in [1.82, 2.24) is 5.32 Å². The first-order valence-electron chi connectivity index (χ1n) is 11.2. The SMILES string of the molecule is COc1ccc(COC(=O)C2=C(C)NC3=C(C(=O)CCC3)[C@H]2c2cc(OC)ccc2OC)cc1. The van der Waals surface area contributed by atoms with Gasteiger partial charge in [0.1, 0.15) is 23.9 Å². The van der Waals surface area contributed by atoms with Gasteiger partial charge >= 0.3 is 5.97 Å². The molecule has 178 valence electrons. The molecule has 1 aliphatic heterocycles. The number of carbonyl (C=O) groups excluding carboxylic acids is 2. The molecule has 34 heavy (non-hydrogen) atoms. The maximum atomic E-state index is 13.5. The Balaban J connectivity index is 1.73. The van der Waals surface area contributed by atoms with E-state index in [9.17, 15) is 9.59 Å². The van der Waals surface area contributed by atoms with Crippen molar-refractivity contribution < 1.29 is 28.5 Å². The van der Waals surface area contributed by atoms with Gasteiger partial charge in [-0.25, -0.2) is 4.79 Å². The van der Waals surface area contributed by atoms with Gasteiger partial charge in [-0.05, 0) is 55.7 Å². The van der Waals surface area contributed by atoms with E-state index in [-0.39, 0.29) is 12.4 Å². The second-order valence-electron chi connectivity index (χ2n) is 8.30. The summed E-state index contributed by atoms with van der Waals surface area (Å²) in [5.74, 6) is 0.842. The minimum atomic E-state index is -0.613. The van der Waals surface area contributed by atoms with Crippen molar-refractivity contribution in [2.45, 2.75) is 38.7 Å². The number of carbonyl (C=O) groups is 2. The second kappa shape index (κ2) is 10.0. The van der Waals surface area contributed by atoms with Crippen LogP contribution < -0.4 is 19.5 Å². The van der Waals surface area contributed by atoms with Gasteiger partial charge in [-0.15, -0.1) is 0 Å². The van der Waals surface area contributed by atoms with Crippen molar-refractivity contribution in [3.8, 4) is 17.2 Å². The minimum Gasteiger partial charge on any atom is -0.497 e. The number of dihydropyridines is 1. The summed E-state index contributed by atoms with van der Waals surface area (Å²) in [5, 5.41) is 3.31. The predicted molar refractivity (Wildman–Crippen MR) is 127 cm³/mol. The van der Waals surface area contributed by atoms with Crippen LogP contribution >= 0.6 is 0 Å². The highest BCUT2D eigenvalue weighted by Gasteiger charge is 2.40. The van der Waals surface area contributed by atoms with Crippen LogP contribution in [0, 0.1) is 0 Å². The van der Waals surface area contributed by atoms with E-state index in [0.717, 1.165) is 29.9 Å². The molecule has 0 spiro atoms. The number of rotatable bonds is 7. The van der Waals surface area contributed by atoms with Gasteiger partial charge in [-0.2, -0.15) is 0 Å². The van der Waals surface area contributed by atoms with Crippen LogP contribution in [-0.2, 0) is 20.9 Å². The molecule has 0 radical (unpaired) electrons. The molecule has 1 aliphatic carbocycles. The Morgan fingerprint density at radius 2 is 1.68 bits per heavy atom. The van der Waals surface area contributed by atoms with Crippen LogP contribution in [0.4, 0.5) is 0 Å². The number of Topliss-reactive ketones (excluding diaryl/α,β-unsaturated/α-hetero) is 1. The summed E-state index contributed by atoms with van der Waals surface area (Å²) in [7, 11) is 4.75. The van der Waals surface area contributed by atoms with E-state index in [0.29, 0.717) is 40.3 Å². The fourth-order valence-corrected chi connectivity index (χ4v) is 4.58. The van der Waals surface area contributed by atoms with Crippen LogP contribution in [-0.4, -0.2) is 33.1 Å². The van der Waals surface area contributed by atoms with Crippen LogP contribution in [0.15, 0.2) is 65.0 Å². The van der Waals surface area contributed by atoms with Gasteiger partial charge in [0.2, 0.25) is 0 Å². The van der Waals surface area contributed by atoms with Crippen molar-refractivity contribution >= 4 is 11.8 Å². The van der Waals surface area contributed by atoms with Gasteiger partial charge in [-0.1, -0.05) is 12.1 Å². The van der Waals surface area contributed by atoms with Crippen LogP contribution in [0.3, 0.4) is 0 Å². The Bertz CT molecular complexity index is 1160. The van der Waals surface area contributed by atoms with E-state index in [1.54, 1.807) is 33.5 Å². The maximum absolute atomic E-state index is 13.5. The Morgan fingerprint density at radius 1 is 0.971 bits per heavy atom. The molecule has 0 bridgehead atoms. The van der Waals surface area contributed by atoms with Gasteiger partial charge in [-0.3, -0.25) is 4.79 Å². The standard InChI is InChI=1S/C27H29NO6/c1-16-24(27(30)34-15-17-8-10-18(31-2)11-9-17)25(26-21(28-16)6-5-7-22(26)29)20-14-19(32-3)12-13-23(20)33-4/h8-14,25,28H,5-7,15H2,1-4H3/t25-/m0/s1. The number of ether oxygens (including phenoxy) is 4. The highest BCUT2D eigenvalue weighted by atomic mass is 16.5. The Kier molecular flexibility index (Phi) is 6.91. The van der Waals surface area contributed by atoms with Crippen molar-refractivity contribution in [1.29, 1.82) is 0 Å². The van der Waals surface area contributed by atoms with Gasteiger partial charge in [0.15, 0.2) is 5.78 Å². The van der Waals surface area contributed by atoms with E-state index >= 15 is 0 Å². The lowest BCUT2D eigenvalue weighted by Gasteiger charge is -2.34. The first-order chi connectivity index (χ1) is 16.5. The number of nitrogens with one attached hydrogen (secondary N) is 1. The number of hydrogen-bond acceptors (Lipinski definition) is 7. The molecule has 0 fully saturated rings. The summed E-state index contributed by atoms with van der Waals surface area (Å²) in [4.78, 5) is 26.6. The molecule has 2 aromatic rings. The first-order valence-corrected chi connectivity index (χ1v) is 11.2. The first kappa shape index (κ1) is 23.4. The Hall–Kier alpha value is -3.74. The lowest BCUT2D eigenvalue weighted by molar-refractivity contribution is -0.140. The number of esters is 1. The molecule has 2 aromatic carbocycles. The molecule has 4 rings (SSSR count). The van der Waals surface area contributed by atoms with E-state index in [1.807, 2.05) is 37.3 Å². The lowest BCUT2D eigenvalue weighted by Crippen LogP contribution is -2.34. The third-order valence-corrected chi connectivity index (χ3v) is 6.27. The zero-order chi connectivity index (χ0) is 24.2. The van der Waals surface area contributed by atoms with Gasteiger partial charge in [0.05, 0.1) is 32.8 Å². The molecule has 7 nitrogen and oxygen atoms in total. The molecular formula is C27H29NO6. The van der Waals surface area contributed by atoms with E-state index in [1.165, 1.54) is 0 Å². The predicted octanol–water partition coefficient (Wildman–Crippen LogP) is 4.42. The van der Waals surface area contributed by atoms with Gasteiger partial charge < -0.3 is 24.3 Å². The summed E-state index contributed by atoms with van der Waals surface area (Å²) in [6.45, 7) is 1.94. The Labute approximate surface area is 199 Å². The molecule has 1 atom stereocenters. The topological polar surface area (TPSA) is 83.1 Å². The average molecular weight is 464 g/mol. The molecule has 0 saturated carbocycles. The molecule has 7 heteroatoms. The molecule has 1 heterocycles. The monoisotopic (exact) mass is 463 g/mol. The summed E-state index contributed by atoms with van der Waals surface area (Å²) >= 11 is 0. The van der Waals surface area contributed by atoms with Crippen LogP contribution in [0.5, 0.6) is 17.2 Å². The Morgan fingerprint density at radius 3 is 2.35 bits per heavy atom. The van der Waals surface area contributed by atoms with Gasteiger partial charge in [0, 0.05) is 29.0 Å². The quantitative estimate of drug-likeness (QED) is 0.609. The summed E-state index contributed by atoms with van der Waals surface area (Å²) in [6.07, 6.45) is 1.96. The normalized spacial score (nSPS) is 17.6. The smallest absolute Gasteiger partial charge is 0.337 e. The largest absolute Gasteiger partial charge is 0.497 e. The van der Waals surface area contributed by atoms with Crippen LogP contribution in [0.1, 0.15) is 43.2 Å². The van der Waals surface area contributed by atoms with E-state index in [2.05, 4.69) is 5.32 Å². The van der Waals surface area contributed by atoms with E-state index < -0.39 is 11.9 Å². The molecule has 2 aliphatic rings. The number of allylic oxidation sites excluding steroid dienone is 3. The van der Waals surface area contributed by atoms with E-state index in [4.69, 9.17) is 18.9 Å². The summed E-state index contributed by atoms with van der Waals surface area (Å²) in [6, 6.07) is 12.7. The van der Waals surface area contributed by atoms with Crippen molar-refractivity contribution in [2.75, 3.05) is 21.3 Å². The van der Waals surface area contributed by atoms with Crippen molar-refractivity contribution in [2.24, 2.45) is 0 Å². The number of benzene rings is 2. The fourth-order valence-electron chi connectivity index (χ4n) is 4.58. The third-order valence-electron chi connectivity index (χ3n) is 6.27. The zero-order valence-corrected chi connectivity index (χ0v) is 19.9. The zero-order valence-electron chi connectivity index (χ0n) is 19.9. The molecule has 0 amide bonds. The van der Waals surface area contributed by atoms with Crippen LogP contribution in [0.25, 0.3) is 0 Å². The van der Waals surface area contributed by atoms with Gasteiger partial charge in [0.25, 0.3) is 0 Å². The summed E-state index contributed by atoms with van der Waals surface area (Å²) < 4.78 is 22.0. The minimum absolute atomic E-state index is 0.0246. The second-order valence-corrected chi connectivity index (χ2v) is 8.30. The fraction of sp³-hybridized carbons (Fsp3) is 0.333. The molecule has 0 saturated heterocycles. The third kappa shape index (κ3) is 4.51. The molecule has 0 unspecified atom stereocenters. The van der Waals surface area contributed by atoms with Crippen LogP contribution in [0.2, 0.25) is 0 Å². The molecule has 0 aromatic heterocycles. The molecule has 1 N–H and O–H groups in total. The highest BCUT2D eigenvalue weighted by Crippen LogP contribution is 2.46. The maximum Gasteiger partial charge on any atom is 0.337 e.